The van der Waals surface area contributed by atoms with E-state index in [1.807, 2.05) is 0 Å². The van der Waals surface area contributed by atoms with Crippen LogP contribution in [0.15, 0.2) is 22.5 Å². The summed E-state index contributed by atoms with van der Waals surface area (Å²) in [5, 5.41) is 11.6. The molecule has 0 saturated heterocycles. The number of carbonyl (C=O) groups is 2. The van der Waals surface area contributed by atoms with Crippen LogP contribution in [0.3, 0.4) is 0 Å². The number of thioether (sulfide) groups is 1. The lowest BCUT2D eigenvalue weighted by molar-refractivity contribution is -0.116. The third-order valence-corrected chi connectivity index (χ3v) is 6.06. The monoisotopic (exact) mass is 406 g/mol. The van der Waals surface area contributed by atoms with Crippen molar-refractivity contribution < 1.29 is 19.1 Å². The highest BCUT2D eigenvalue weighted by molar-refractivity contribution is 8.01. The molecule has 1 saturated carbocycles. The van der Waals surface area contributed by atoms with E-state index in [9.17, 15) is 9.59 Å². The number of aromatic nitrogens is 2. The molecule has 1 aromatic heterocycles. The quantitative estimate of drug-likeness (QED) is 0.582. The van der Waals surface area contributed by atoms with Gasteiger partial charge in [0, 0.05) is 24.7 Å². The van der Waals surface area contributed by atoms with Crippen LogP contribution in [-0.4, -0.2) is 47.0 Å². The van der Waals surface area contributed by atoms with Crippen molar-refractivity contribution in [3.05, 3.63) is 18.2 Å². The average molecular weight is 406 g/mol. The largest absolute Gasteiger partial charge is 0.486 e. The maximum absolute atomic E-state index is 12.2. The van der Waals surface area contributed by atoms with Crippen LogP contribution in [0.5, 0.6) is 11.5 Å². The van der Waals surface area contributed by atoms with Gasteiger partial charge in [-0.15, -0.1) is 10.2 Å². The number of nitrogens with one attached hydrogen (secondary N) is 1. The molecule has 8 nitrogen and oxygen atoms in total. The molecule has 0 spiro atoms. The van der Waals surface area contributed by atoms with Gasteiger partial charge >= 0.3 is 0 Å². The summed E-state index contributed by atoms with van der Waals surface area (Å²) in [6.45, 7) is 2.56. The lowest BCUT2D eigenvalue weighted by Crippen LogP contribution is -2.30. The molecule has 2 heterocycles. The van der Waals surface area contributed by atoms with Crippen molar-refractivity contribution in [3.63, 3.8) is 0 Å². The Morgan fingerprint density at radius 1 is 1.26 bits per heavy atom. The summed E-state index contributed by atoms with van der Waals surface area (Å²) in [6.07, 6.45) is 2.00. The minimum absolute atomic E-state index is 0.0263. The summed E-state index contributed by atoms with van der Waals surface area (Å²) >= 11 is 2.63. The summed E-state index contributed by atoms with van der Waals surface area (Å²) in [5.74, 6) is 1.33. The van der Waals surface area contributed by atoms with Crippen molar-refractivity contribution >= 4 is 45.7 Å². The number of carbonyl (C=O) groups excluding carboxylic acids is 2. The van der Waals surface area contributed by atoms with E-state index < -0.39 is 0 Å². The molecule has 10 heteroatoms. The Labute approximate surface area is 164 Å². The second kappa shape index (κ2) is 7.73. The van der Waals surface area contributed by atoms with Crippen molar-refractivity contribution in [3.8, 4) is 11.5 Å². The van der Waals surface area contributed by atoms with Crippen molar-refractivity contribution in [2.75, 3.05) is 29.2 Å². The Bertz CT molecular complexity index is 868. The lowest BCUT2D eigenvalue weighted by atomic mass is 10.2. The molecule has 142 valence electrons. The van der Waals surface area contributed by atoms with Crippen LogP contribution < -0.4 is 19.7 Å². The van der Waals surface area contributed by atoms with Crippen LogP contribution in [0.25, 0.3) is 0 Å². The number of ether oxygens (including phenoxy) is 2. The standard InChI is InChI=1S/C17H18N4O4S2/c1-10(22)21(12-3-4-12)16-19-20-17(27-16)26-9-15(23)18-11-2-5-13-14(8-11)25-7-6-24-13/h2,5,8,12H,3-4,6-7,9H2,1H3,(H,18,23). The highest BCUT2D eigenvalue weighted by atomic mass is 32.2. The van der Waals surface area contributed by atoms with Gasteiger partial charge < -0.3 is 14.8 Å². The molecule has 1 aliphatic carbocycles. The molecule has 2 amide bonds. The van der Waals surface area contributed by atoms with Crippen LogP contribution in [-0.2, 0) is 9.59 Å². The predicted octanol–water partition coefficient (Wildman–Crippen LogP) is 2.56. The Balaban J connectivity index is 1.32. The highest BCUT2D eigenvalue weighted by Gasteiger charge is 2.34. The molecule has 1 aliphatic heterocycles. The minimum Gasteiger partial charge on any atom is -0.486 e. The Morgan fingerprint density at radius 2 is 2.04 bits per heavy atom. The van der Waals surface area contributed by atoms with E-state index >= 15 is 0 Å². The SMILES string of the molecule is CC(=O)N(c1nnc(SCC(=O)Nc2ccc3c(c2)OCCO3)s1)C1CC1. The normalized spacial score (nSPS) is 15.3. The maximum atomic E-state index is 12.2. The molecule has 2 aliphatic rings. The van der Waals surface area contributed by atoms with Gasteiger partial charge in [0.25, 0.3) is 0 Å². The molecule has 0 radical (unpaired) electrons. The average Bonchev–Trinajstić information content (AvgIpc) is 3.37. The van der Waals surface area contributed by atoms with Crippen molar-refractivity contribution in [1.82, 2.24) is 10.2 Å². The number of anilines is 2. The molecule has 0 bridgehead atoms. The van der Waals surface area contributed by atoms with Crippen LogP contribution in [0.1, 0.15) is 19.8 Å². The number of hydrogen-bond donors (Lipinski definition) is 1. The molecule has 0 atom stereocenters. The van der Waals surface area contributed by atoms with E-state index in [-0.39, 0.29) is 23.6 Å². The maximum Gasteiger partial charge on any atom is 0.234 e. The fourth-order valence-electron chi connectivity index (χ4n) is 2.68. The fourth-order valence-corrected chi connectivity index (χ4v) is 4.44. The van der Waals surface area contributed by atoms with Gasteiger partial charge in [-0.3, -0.25) is 14.5 Å². The first-order valence-corrected chi connectivity index (χ1v) is 10.4. The first kappa shape index (κ1) is 18.1. The van der Waals surface area contributed by atoms with E-state index in [2.05, 4.69) is 15.5 Å². The lowest BCUT2D eigenvalue weighted by Gasteiger charge is -2.18. The van der Waals surface area contributed by atoms with Gasteiger partial charge in [-0.1, -0.05) is 23.1 Å². The van der Waals surface area contributed by atoms with Crippen LogP contribution >= 0.6 is 23.1 Å². The van der Waals surface area contributed by atoms with E-state index in [0.717, 1.165) is 12.8 Å². The second-order valence-electron chi connectivity index (χ2n) is 6.17. The Kier molecular flexibility index (Phi) is 5.17. The number of rotatable bonds is 6. The molecule has 1 aromatic carbocycles. The molecule has 27 heavy (non-hydrogen) atoms. The fraction of sp³-hybridized carbons (Fsp3) is 0.412. The molecular formula is C17H18N4O4S2. The van der Waals surface area contributed by atoms with E-state index in [1.54, 1.807) is 23.1 Å². The first-order chi connectivity index (χ1) is 13.1. The number of nitrogens with zero attached hydrogens (tertiary/aromatic N) is 3. The van der Waals surface area contributed by atoms with Crippen molar-refractivity contribution in [1.29, 1.82) is 0 Å². The number of fused-ring (bicyclic) bond motifs is 1. The molecule has 4 rings (SSSR count). The molecule has 1 fully saturated rings. The summed E-state index contributed by atoms with van der Waals surface area (Å²) < 4.78 is 11.6. The van der Waals surface area contributed by atoms with Crippen LogP contribution in [0.4, 0.5) is 10.8 Å². The summed E-state index contributed by atoms with van der Waals surface area (Å²) in [6, 6.07) is 5.55. The van der Waals surface area contributed by atoms with Crippen LogP contribution in [0, 0.1) is 0 Å². The highest BCUT2D eigenvalue weighted by Crippen LogP contribution is 2.36. The van der Waals surface area contributed by atoms with E-state index in [0.29, 0.717) is 39.9 Å². The molecule has 1 N–H and O–H groups in total. The van der Waals surface area contributed by atoms with Crippen LogP contribution in [0.2, 0.25) is 0 Å². The summed E-state index contributed by atoms with van der Waals surface area (Å²) in [5.41, 5.74) is 0.652. The zero-order chi connectivity index (χ0) is 18.8. The summed E-state index contributed by atoms with van der Waals surface area (Å²) in [7, 11) is 0. The Morgan fingerprint density at radius 3 is 2.78 bits per heavy atom. The smallest absolute Gasteiger partial charge is 0.234 e. The Hall–Kier alpha value is -2.33. The third kappa shape index (κ3) is 4.33. The topological polar surface area (TPSA) is 93.7 Å². The molecule has 0 unspecified atom stereocenters. The van der Waals surface area contributed by atoms with Gasteiger partial charge in [-0.2, -0.15) is 0 Å². The minimum atomic E-state index is -0.154. The van der Waals surface area contributed by atoms with E-state index in [1.165, 1.54) is 30.0 Å². The van der Waals surface area contributed by atoms with E-state index in [4.69, 9.17) is 9.47 Å². The first-order valence-electron chi connectivity index (χ1n) is 8.56. The molecular weight excluding hydrogens is 388 g/mol. The van der Waals surface area contributed by atoms with Crippen molar-refractivity contribution in [2.24, 2.45) is 0 Å². The number of amides is 2. The second-order valence-corrected chi connectivity index (χ2v) is 8.34. The van der Waals surface area contributed by atoms with Gasteiger partial charge in [-0.25, -0.2) is 0 Å². The molecule has 2 aromatic rings. The predicted molar refractivity (Wildman–Crippen MR) is 103 cm³/mol. The van der Waals surface area contributed by atoms with Gasteiger partial charge in [0.15, 0.2) is 15.8 Å². The van der Waals surface area contributed by atoms with Gasteiger partial charge in [0.05, 0.1) is 5.75 Å². The zero-order valence-electron chi connectivity index (χ0n) is 14.6. The number of benzene rings is 1. The van der Waals surface area contributed by atoms with Gasteiger partial charge in [0.2, 0.25) is 16.9 Å². The third-order valence-electron chi connectivity index (χ3n) is 4.01. The van der Waals surface area contributed by atoms with Gasteiger partial charge in [-0.05, 0) is 25.0 Å². The zero-order valence-corrected chi connectivity index (χ0v) is 16.3. The summed E-state index contributed by atoms with van der Waals surface area (Å²) in [4.78, 5) is 25.7. The van der Waals surface area contributed by atoms with Gasteiger partial charge in [0.1, 0.15) is 13.2 Å². The number of hydrogen-bond acceptors (Lipinski definition) is 8. The van der Waals surface area contributed by atoms with Crippen molar-refractivity contribution in [2.45, 2.75) is 30.1 Å².